The fraction of sp³-hybridized carbons (Fsp3) is 0.350. The second kappa shape index (κ2) is 8.32. The molecule has 0 saturated carbocycles. The van der Waals surface area contributed by atoms with Crippen LogP contribution in [-0.4, -0.2) is 33.8 Å². The molecule has 0 aliphatic heterocycles. The topological polar surface area (TPSA) is 73.2 Å². The van der Waals surface area contributed by atoms with Gasteiger partial charge in [-0.2, -0.15) is 5.10 Å². The fourth-order valence-corrected chi connectivity index (χ4v) is 4.02. The third-order valence-electron chi connectivity index (χ3n) is 4.17. The molecule has 0 aliphatic carbocycles. The van der Waals surface area contributed by atoms with Gasteiger partial charge in [0.25, 0.3) is 5.91 Å². The van der Waals surface area contributed by atoms with E-state index in [1.54, 1.807) is 13.0 Å². The van der Waals surface area contributed by atoms with Gasteiger partial charge < -0.3 is 10.1 Å². The van der Waals surface area contributed by atoms with Crippen molar-refractivity contribution in [1.29, 1.82) is 0 Å². The highest BCUT2D eigenvalue weighted by atomic mass is 35.5. The number of benzene rings is 1. The minimum absolute atomic E-state index is 0.0172. The third-order valence-corrected chi connectivity index (χ3v) is 5.67. The monoisotopic (exact) mass is 419 g/mol. The first-order valence-electron chi connectivity index (χ1n) is 8.98. The molecule has 1 unspecified atom stereocenters. The zero-order valence-corrected chi connectivity index (χ0v) is 17.7. The van der Waals surface area contributed by atoms with E-state index in [0.29, 0.717) is 16.4 Å². The van der Waals surface area contributed by atoms with Crippen molar-refractivity contribution in [3.05, 3.63) is 51.5 Å². The number of aromatic nitrogens is 2. The van der Waals surface area contributed by atoms with Crippen molar-refractivity contribution in [3.63, 3.8) is 0 Å². The molecule has 1 atom stereocenters. The van der Waals surface area contributed by atoms with E-state index < -0.39 is 12.1 Å². The summed E-state index contributed by atoms with van der Waals surface area (Å²) < 4.78 is 7.16. The Bertz CT molecular complexity index is 1030. The molecule has 2 heterocycles. The number of halogens is 1. The van der Waals surface area contributed by atoms with Gasteiger partial charge in [0.15, 0.2) is 6.10 Å². The minimum atomic E-state index is -0.860. The molecule has 6 nitrogen and oxygen atoms in total. The first-order valence-corrected chi connectivity index (χ1v) is 10.2. The molecule has 0 spiro atoms. The first-order chi connectivity index (χ1) is 13.3. The van der Waals surface area contributed by atoms with E-state index in [1.165, 1.54) is 11.3 Å². The van der Waals surface area contributed by atoms with E-state index in [4.69, 9.17) is 16.3 Å². The van der Waals surface area contributed by atoms with Crippen molar-refractivity contribution in [1.82, 2.24) is 15.1 Å². The number of amides is 1. The lowest BCUT2D eigenvalue weighted by molar-refractivity contribution is -0.129. The maximum absolute atomic E-state index is 12.5. The van der Waals surface area contributed by atoms with Crippen LogP contribution in [0, 0.1) is 6.92 Å². The summed E-state index contributed by atoms with van der Waals surface area (Å²) >= 11 is 7.56. The maximum atomic E-state index is 12.5. The summed E-state index contributed by atoms with van der Waals surface area (Å²) in [6, 6.07) is 9.34. The summed E-state index contributed by atoms with van der Waals surface area (Å²) in [5.74, 6) is -0.832. The van der Waals surface area contributed by atoms with E-state index in [2.05, 4.69) is 10.4 Å². The second-order valence-electron chi connectivity index (χ2n) is 6.87. The van der Waals surface area contributed by atoms with Crippen LogP contribution < -0.4 is 5.32 Å². The minimum Gasteiger partial charge on any atom is -0.448 e. The van der Waals surface area contributed by atoms with E-state index in [1.807, 2.05) is 49.7 Å². The summed E-state index contributed by atoms with van der Waals surface area (Å²) in [4.78, 5) is 25.8. The molecule has 3 aromatic rings. The summed E-state index contributed by atoms with van der Waals surface area (Å²) in [6.45, 7) is 7.67. The number of hydrogen-bond acceptors (Lipinski definition) is 5. The van der Waals surface area contributed by atoms with Crippen molar-refractivity contribution in [2.75, 3.05) is 0 Å². The van der Waals surface area contributed by atoms with Gasteiger partial charge in [-0.3, -0.25) is 9.48 Å². The first kappa shape index (κ1) is 20.4. The van der Waals surface area contributed by atoms with Crippen LogP contribution in [0.25, 0.3) is 10.2 Å². The highest BCUT2D eigenvalue weighted by Crippen LogP contribution is 2.30. The van der Waals surface area contributed by atoms with Crippen LogP contribution >= 0.6 is 22.9 Å². The number of nitrogens with zero attached hydrogens (tertiary/aromatic N) is 2. The second-order valence-corrected chi connectivity index (χ2v) is 8.31. The molecular weight excluding hydrogens is 398 g/mol. The number of hydrogen-bond donors (Lipinski definition) is 1. The summed E-state index contributed by atoms with van der Waals surface area (Å²) in [5, 5.41) is 8.86. The number of carbonyl (C=O) groups excluding carboxylic acids is 2. The molecule has 0 bridgehead atoms. The van der Waals surface area contributed by atoms with Gasteiger partial charge in [-0.15, -0.1) is 11.3 Å². The van der Waals surface area contributed by atoms with Gasteiger partial charge in [-0.05, 0) is 45.4 Å². The number of carbonyl (C=O) groups is 2. The van der Waals surface area contributed by atoms with Crippen molar-refractivity contribution in [2.45, 2.75) is 46.4 Å². The lowest BCUT2D eigenvalue weighted by Gasteiger charge is -2.14. The Morgan fingerprint density at radius 3 is 2.68 bits per heavy atom. The zero-order valence-electron chi connectivity index (χ0n) is 16.2. The Hall–Kier alpha value is -2.38. The standard InChI is InChI=1S/C20H22ClN3O3S/c1-11(2)22-18(25)13(4)27-20(26)17-9-15-12(3)23-24(19(15)28-17)10-14-7-5-6-8-16(14)21/h5-9,11,13H,10H2,1-4H3,(H,22,25). The highest BCUT2D eigenvalue weighted by molar-refractivity contribution is 7.20. The summed E-state index contributed by atoms with van der Waals surface area (Å²) in [5.41, 5.74) is 1.77. The van der Waals surface area contributed by atoms with E-state index in [-0.39, 0.29) is 11.9 Å². The normalized spacial score (nSPS) is 12.4. The zero-order chi connectivity index (χ0) is 20.4. The molecule has 28 heavy (non-hydrogen) atoms. The molecule has 0 fully saturated rings. The molecule has 148 valence electrons. The summed E-state index contributed by atoms with van der Waals surface area (Å²) in [6.07, 6.45) is -0.860. The van der Waals surface area contributed by atoms with Crippen LogP contribution in [0.5, 0.6) is 0 Å². The SMILES string of the molecule is Cc1nn(Cc2ccccc2Cl)c2sc(C(=O)OC(C)C(=O)NC(C)C)cc12. The van der Waals surface area contributed by atoms with Crippen molar-refractivity contribution >= 4 is 45.0 Å². The van der Waals surface area contributed by atoms with E-state index in [9.17, 15) is 9.59 Å². The largest absolute Gasteiger partial charge is 0.448 e. The average molecular weight is 420 g/mol. The Balaban J connectivity index is 1.81. The fourth-order valence-electron chi connectivity index (χ4n) is 2.78. The summed E-state index contributed by atoms with van der Waals surface area (Å²) in [7, 11) is 0. The van der Waals surface area contributed by atoms with E-state index >= 15 is 0 Å². The van der Waals surface area contributed by atoms with Crippen LogP contribution in [0.15, 0.2) is 30.3 Å². The van der Waals surface area contributed by atoms with Gasteiger partial charge in [0.2, 0.25) is 0 Å². The van der Waals surface area contributed by atoms with Crippen molar-refractivity contribution in [3.8, 4) is 0 Å². The molecule has 8 heteroatoms. The predicted molar refractivity (Wildman–Crippen MR) is 111 cm³/mol. The third kappa shape index (κ3) is 4.36. The number of ether oxygens (including phenoxy) is 1. The Kier molecular flexibility index (Phi) is 6.05. The van der Waals surface area contributed by atoms with Crippen LogP contribution in [0.3, 0.4) is 0 Å². The van der Waals surface area contributed by atoms with Crippen molar-refractivity contribution < 1.29 is 14.3 Å². The van der Waals surface area contributed by atoms with Crippen LogP contribution in [0.4, 0.5) is 0 Å². The van der Waals surface area contributed by atoms with Gasteiger partial charge >= 0.3 is 5.97 Å². The number of esters is 1. The quantitative estimate of drug-likeness (QED) is 0.608. The Morgan fingerprint density at radius 1 is 1.29 bits per heavy atom. The predicted octanol–water partition coefficient (Wildman–Crippen LogP) is 4.18. The number of rotatable bonds is 6. The molecule has 1 N–H and O–H groups in total. The molecule has 0 radical (unpaired) electrons. The molecular formula is C20H22ClN3O3S. The molecule has 1 amide bonds. The lowest BCUT2D eigenvalue weighted by atomic mass is 10.2. The van der Waals surface area contributed by atoms with Crippen LogP contribution in [0.2, 0.25) is 5.02 Å². The number of fused-ring (bicyclic) bond motifs is 1. The molecule has 0 saturated heterocycles. The number of nitrogens with one attached hydrogen (secondary N) is 1. The lowest BCUT2D eigenvalue weighted by Crippen LogP contribution is -2.39. The average Bonchev–Trinajstić information content (AvgIpc) is 3.18. The smallest absolute Gasteiger partial charge is 0.349 e. The number of thiophene rings is 1. The van der Waals surface area contributed by atoms with E-state index in [0.717, 1.165) is 21.5 Å². The van der Waals surface area contributed by atoms with Gasteiger partial charge in [-0.25, -0.2) is 4.79 Å². The van der Waals surface area contributed by atoms with Crippen LogP contribution in [0.1, 0.15) is 41.7 Å². The van der Waals surface area contributed by atoms with Gasteiger partial charge in [0.05, 0.1) is 12.2 Å². The number of aryl methyl sites for hydroxylation is 1. The molecule has 3 rings (SSSR count). The van der Waals surface area contributed by atoms with Crippen molar-refractivity contribution in [2.24, 2.45) is 0 Å². The van der Waals surface area contributed by atoms with Gasteiger partial charge in [-0.1, -0.05) is 29.8 Å². The maximum Gasteiger partial charge on any atom is 0.349 e. The molecule has 1 aromatic carbocycles. The molecule has 0 aliphatic rings. The van der Waals surface area contributed by atoms with Crippen LogP contribution in [-0.2, 0) is 16.1 Å². The van der Waals surface area contributed by atoms with Gasteiger partial charge in [0, 0.05) is 16.5 Å². The Labute approximate surface area is 172 Å². The highest BCUT2D eigenvalue weighted by Gasteiger charge is 2.22. The van der Waals surface area contributed by atoms with Gasteiger partial charge in [0.1, 0.15) is 9.71 Å². The Morgan fingerprint density at radius 2 is 2.00 bits per heavy atom. The molecule has 2 aromatic heterocycles.